The van der Waals surface area contributed by atoms with Crippen LogP contribution in [0.25, 0.3) is 0 Å². The third kappa shape index (κ3) is 2.49. The lowest BCUT2D eigenvalue weighted by Gasteiger charge is -2.12. The molecule has 1 aromatic rings. The first kappa shape index (κ1) is 11.7. The Morgan fingerprint density at radius 2 is 2.25 bits per heavy atom. The summed E-state index contributed by atoms with van der Waals surface area (Å²) < 4.78 is 5.57. The zero-order valence-electron chi connectivity index (χ0n) is 10.8. The van der Waals surface area contributed by atoms with E-state index in [0.29, 0.717) is 6.04 Å². The smallest absolute Gasteiger partial charge is 0.105 e. The summed E-state index contributed by atoms with van der Waals surface area (Å²) in [4.78, 5) is 0. The van der Waals surface area contributed by atoms with Gasteiger partial charge in [0.15, 0.2) is 0 Å². The van der Waals surface area contributed by atoms with Crippen LogP contribution in [-0.4, -0.2) is 6.04 Å². The molecule has 0 saturated heterocycles. The second-order valence-corrected chi connectivity index (χ2v) is 5.15. The van der Waals surface area contributed by atoms with Crippen molar-refractivity contribution < 1.29 is 4.42 Å². The minimum absolute atomic E-state index is 0.421. The van der Waals surface area contributed by atoms with E-state index in [1.807, 2.05) is 6.92 Å². The van der Waals surface area contributed by atoms with E-state index in [1.165, 1.54) is 24.8 Å². The quantitative estimate of drug-likeness (QED) is 0.819. The Morgan fingerprint density at radius 3 is 2.81 bits per heavy atom. The van der Waals surface area contributed by atoms with Crippen LogP contribution in [-0.2, 0) is 0 Å². The summed E-state index contributed by atoms with van der Waals surface area (Å²) in [6, 6.07) is 3.32. The Bertz CT molecular complexity index is 356. The molecule has 0 spiro atoms. The highest BCUT2D eigenvalue weighted by atomic mass is 16.3. The largest absolute Gasteiger partial charge is 0.466 e. The molecule has 3 unspecified atom stereocenters. The molecule has 1 heterocycles. The Hall–Kier alpha value is -0.760. The maximum Gasteiger partial charge on any atom is 0.105 e. The normalized spacial score (nSPS) is 25.8. The predicted molar refractivity (Wildman–Crippen MR) is 66.5 cm³/mol. The minimum Gasteiger partial charge on any atom is -0.466 e. The van der Waals surface area contributed by atoms with E-state index in [-0.39, 0.29) is 0 Å². The van der Waals surface area contributed by atoms with Crippen LogP contribution >= 0.6 is 0 Å². The molecule has 1 fully saturated rings. The van der Waals surface area contributed by atoms with Gasteiger partial charge in [0.25, 0.3) is 0 Å². The van der Waals surface area contributed by atoms with Crippen molar-refractivity contribution in [2.24, 2.45) is 5.92 Å². The van der Waals surface area contributed by atoms with E-state index >= 15 is 0 Å². The van der Waals surface area contributed by atoms with E-state index in [1.54, 1.807) is 0 Å². The molecule has 1 aromatic heterocycles. The molecule has 0 amide bonds. The first-order chi connectivity index (χ1) is 7.61. The van der Waals surface area contributed by atoms with Crippen LogP contribution in [0.4, 0.5) is 0 Å². The fourth-order valence-corrected chi connectivity index (χ4v) is 2.63. The Labute approximate surface area is 98.4 Å². The second kappa shape index (κ2) is 4.62. The number of hydrogen-bond acceptors (Lipinski definition) is 2. The molecule has 2 nitrogen and oxygen atoms in total. The predicted octanol–water partition coefficient (Wildman–Crippen LogP) is 3.74. The molecule has 2 rings (SSSR count). The molecule has 1 aliphatic carbocycles. The van der Waals surface area contributed by atoms with Crippen LogP contribution in [0, 0.1) is 19.8 Å². The Kier molecular flexibility index (Phi) is 3.38. The third-order valence-corrected chi connectivity index (χ3v) is 3.59. The molecule has 0 bridgehead atoms. The summed E-state index contributed by atoms with van der Waals surface area (Å²) in [5, 5.41) is 3.70. The number of aryl methyl sites for hydroxylation is 2. The van der Waals surface area contributed by atoms with E-state index < -0.39 is 0 Å². The molecule has 1 N–H and O–H groups in total. The van der Waals surface area contributed by atoms with Gasteiger partial charge in [-0.25, -0.2) is 0 Å². The van der Waals surface area contributed by atoms with Gasteiger partial charge in [-0.2, -0.15) is 0 Å². The first-order valence-electron chi connectivity index (χ1n) is 6.44. The lowest BCUT2D eigenvalue weighted by molar-refractivity contribution is 0.484. The molecule has 16 heavy (non-hydrogen) atoms. The van der Waals surface area contributed by atoms with Gasteiger partial charge in [-0.3, -0.25) is 0 Å². The molecular weight excluding hydrogens is 198 g/mol. The van der Waals surface area contributed by atoms with Crippen LogP contribution in [0.2, 0.25) is 0 Å². The lowest BCUT2D eigenvalue weighted by Crippen LogP contribution is -2.22. The number of furan rings is 1. The van der Waals surface area contributed by atoms with Gasteiger partial charge < -0.3 is 9.73 Å². The van der Waals surface area contributed by atoms with Crippen molar-refractivity contribution in [2.45, 2.75) is 59.0 Å². The van der Waals surface area contributed by atoms with E-state index in [0.717, 1.165) is 23.5 Å². The third-order valence-electron chi connectivity index (χ3n) is 3.59. The van der Waals surface area contributed by atoms with Gasteiger partial charge >= 0.3 is 0 Å². The van der Waals surface area contributed by atoms with Crippen LogP contribution in [0.3, 0.4) is 0 Å². The van der Waals surface area contributed by atoms with Crippen molar-refractivity contribution >= 4 is 0 Å². The summed E-state index contributed by atoms with van der Waals surface area (Å²) in [5.74, 6) is 2.99. The van der Waals surface area contributed by atoms with E-state index in [4.69, 9.17) is 4.42 Å². The van der Waals surface area contributed by atoms with Crippen molar-refractivity contribution in [3.63, 3.8) is 0 Å². The van der Waals surface area contributed by atoms with Gasteiger partial charge in [-0.15, -0.1) is 0 Å². The van der Waals surface area contributed by atoms with Crippen molar-refractivity contribution in [3.05, 3.63) is 23.2 Å². The molecule has 3 atom stereocenters. The van der Waals surface area contributed by atoms with Crippen molar-refractivity contribution in [1.29, 1.82) is 0 Å². The van der Waals surface area contributed by atoms with Gasteiger partial charge in [0.2, 0.25) is 0 Å². The Morgan fingerprint density at radius 1 is 1.50 bits per heavy atom. The van der Waals surface area contributed by atoms with Gasteiger partial charge in [0.1, 0.15) is 11.5 Å². The minimum atomic E-state index is 0.421. The maximum atomic E-state index is 5.57. The van der Waals surface area contributed by atoms with Crippen LogP contribution in [0.5, 0.6) is 0 Å². The van der Waals surface area contributed by atoms with Crippen molar-refractivity contribution in [1.82, 2.24) is 5.32 Å². The molecular formula is C14H23NO. The number of nitrogens with one attached hydrogen (secondary N) is 1. The van der Waals surface area contributed by atoms with Crippen molar-refractivity contribution in [2.75, 3.05) is 0 Å². The summed E-state index contributed by atoms with van der Waals surface area (Å²) in [6.07, 6.45) is 4.03. The summed E-state index contributed by atoms with van der Waals surface area (Å²) >= 11 is 0. The average Bonchev–Trinajstić information content (AvgIpc) is 2.83. The molecule has 90 valence electrons. The molecule has 0 aliphatic heterocycles. The first-order valence-corrected chi connectivity index (χ1v) is 6.44. The van der Waals surface area contributed by atoms with Gasteiger partial charge in [0.05, 0.1) is 0 Å². The summed E-state index contributed by atoms with van der Waals surface area (Å²) in [6.45, 7) is 8.57. The van der Waals surface area contributed by atoms with Crippen LogP contribution in [0.1, 0.15) is 56.2 Å². The summed E-state index contributed by atoms with van der Waals surface area (Å²) in [5.41, 5.74) is 1.32. The molecule has 1 aliphatic rings. The maximum absolute atomic E-state index is 5.57. The van der Waals surface area contributed by atoms with Gasteiger partial charge in [-0.1, -0.05) is 13.3 Å². The monoisotopic (exact) mass is 221 g/mol. The highest BCUT2D eigenvalue weighted by molar-refractivity contribution is 5.24. The van der Waals surface area contributed by atoms with Crippen LogP contribution in [0.15, 0.2) is 10.5 Å². The fourth-order valence-electron chi connectivity index (χ4n) is 2.63. The molecule has 0 radical (unpaired) electrons. The Balaban J connectivity index is 1.89. The summed E-state index contributed by atoms with van der Waals surface area (Å²) in [7, 11) is 0. The highest BCUT2D eigenvalue weighted by Crippen LogP contribution is 2.36. The van der Waals surface area contributed by atoms with Crippen LogP contribution < -0.4 is 5.32 Å². The van der Waals surface area contributed by atoms with Crippen molar-refractivity contribution in [3.8, 4) is 0 Å². The van der Waals surface area contributed by atoms with Gasteiger partial charge in [-0.05, 0) is 45.6 Å². The van der Waals surface area contributed by atoms with Gasteiger partial charge in [0, 0.05) is 17.6 Å². The second-order valence-electron chi connectivity index (χ2n) is 5.15. The zero-order valence-corrected chi connectivity index (χ0v) is 10.8. The fraction of sp³-hybridized carbons (Fsp3) is 0.714. The SMILES string of the molecule is CCCC1CC1NC(C)c1cc(C)oc1C. The number of rotatable bonds is 5. The molecule has 0 aromatic carbocycles. The number of hydrogen-bond donors (Lipinski definition) is 1. The zero-order chi connectivity index (χ0) is 11.7. The highest BCUT2D eigenvalue weighted by Gasteiger charge is 2.36. The average molecular weight is 221 g/mol. The lowest BCUT2D eigenvalue weighted by atomic mass is 10.1. The molecule has 2 heteroatoms. The van der Waals surface area contributed by atoms with E-state index in [9.17, 15) is 0 Å². The topological polar surface area (TPSA) is 25.2 Å². The standard InChI is InChI=1S/C14H23NO/c1-5-6-12-8-14(12)15-10(3)13-7-9(2)16-11(13)4/h7,10,12,14-15H,5-6,8H2,1-4H3. The van der Waals surface area contributed by atoms with E-state index in [2.05, 4.69) is 32.2 Å². The molecule has 1 saturated carbocycles.